The summed E-state index contributed by atoms with van der Waals surface area (Å²) in [7, 11) is 0. The molecule has 1 atom stereocenters. The van der Waals surface area contributed by atoms with E-state index in [1.807, 2.05) is 12.1 Å². The topological polar surface area (TPSA) is 105 Å². The van der Waals surface area contributed by atoms with Crippen LogP contribution in [0.4, 0.5) is 5.82 Å². The molecule has 3 aromatic heterocycles. The SMILES string of the molecule is N#Cc1nccnc1N1CCC[C@@H](c2nc(-c3cccnc3)no2)C1. The van der Waals surface area contributed by atoms with Crippen molar-refractivity contribution in [2.45, 2.75) is 18.8 Å². The lowest BCUT2D eigenvalue weighted by Gasteiger charge is -2.31. The van der Waals surface area contributed by atoms with Crippen LogP contribution in [0.2, 0.25) is 0 Å². The number of rotatable bonds is 3. The van der Waals surface area contributed by atoms with Crippen molar-refractivity contribution in [3.05, 3.63) is 48.5 Å². The summed E-state index contributed by atoms with van der Waals surface area (Å²) in [4.78, 5) is 19.1. The molecule has 0 aliphatic carbocycles. The van der Waals surface area contributed by atoms with E-state index in [2.05, 4.69) is 36.1 Å². The van der Waals surface area contributed by atoms with Gasteiger partial charge in [0.1, 0.15) is 6.07 Å². The van der Waals surface area contributed by atoms with Gasteiger partial charge in [-0.3, -0.25) is 4.98 Å². The summed E-state index contributed by atoms with van der Waals surface area (Å²) in [5.74, 6) is 1.85. The summed E-state index contributed by atoms with van der Waals surface area (Å²) in [6, 6.07) is 5.83. The molecule has 1 aliphatic heterocycles. The number of piperidine rings is 1. The van der Waals surface area contributed by atoms with Gasteiger partial charge in [-0.25, -0.2) is 9.97 Å². The molecule has 25 heavy (non-hydrogen) atoms. The molecule has 1 aliphatic rings. The Labute approximate surface area is 144 Å². The largest absolute Gasteiger partial charge is 0.353 e. The lowest BCUT2D eigenvalue weighted by molar-refractivity contribution is 0.333. The van der Waals surface area contributed by atoms with Crippen LogP contribution in [0.5, 0.6) is 0 Å². The fourth-order valence-corrected chi connectivity index (χ4v) is 3.03. The fraction of sp³-hybridized carbons (Fsp3) is 0.294. The summed E-state index contributed by atoms with van der Waals surface area (Å²) in [6.45, 7) is 1.50. The highest BCUT2D eigenvalue weighted by Crippen LogP contribution is 2.30. The second-order valence-corrected chi connectivity index (χ2v) is 5.82. The predicted molar refractivity (Wildman–Crippen MR) is 88.5 cm³/mol. The van der Waals surface area contributed by atoms with E-state index in [4.69, 9.17) is 4.52 Å². The summed E-state index contributed by atoms with van der Waals surface area (Å²) in [5, 5.41) is 13.3. The Morgan fingerprint density at radius 3 is 3.00 bits per heavy atom. The quantitative estimate of drug-likeness (QED) is 0.718. The van der Waals surface area contributed by atoms with Crippen LogP contribution in [0.3, 0.4) is 0 Å². The van der Waals surface area contributed by atoms with Gasteiger partial charge in [-0.1, -0.05) is 5.16 Å². The van der Waals surface area contributed by atoms with Crippen LogP contribution in [0.25, 0.3) is 11.4 Å². The summed E-state index contributed by atoms with van der Waals surface area (Å²) < 4.78 is 5.48. The van der Waals surface area contributed by atoms with Crippen molar-refractivity contribution in [1.82, 2.24) is 25.1 Å². The van der Waals surface area contributed by atoms with Crippen LogP contribution < -0.4 is 4.90 Å². The number of nitrogens with zero attached hydrogens (tertiary/aromatic N) is 7. The van der Waals surface area contributed by atoms with Crippen LogP contribution in [0.15, 0.2) is 41.4 Å². The van der Waals surface area contributed by atoms with E-state index < -0.39 is 0 Å². The Morgan fingerprint density at radius 2 is 2.16 bits per heavy atom. The molecule has 0 bridgehead atoms. The molecule has 0 amide bonds. The van der Waals surface area contributed by atoms with Gasteiger partial charge in [-0.15, -0.1) is 0 Å². The molecule has 4 rings (SSSR count). The van der Waals surface area contributed by atoms with Crippen molar-refractivity contribution in [2.75, 3.05) is 18.0 Å². The molecule has 0 unspecified atom stereocenters. The number of anilines is 1. The van der Waals surface area contributed by atoms with E-state index in [1.165, 1.54) is 6.20 Å². The standard InChI is InChI=1S/C17H15N7O/c18-9-14-16(21-7-6-20-14)24-8-2-4-13(11-24)17-22-15(23-25-17)12-3-1-5-19-10-12/h1,3,5-7,10,13H,2,4,8,11H2/t13-/m1/s1. The zero-order valence-corrected chi connectivity index (χ0v) is 13.4. The molecule has 1 fully saturated rings. The minimum absolute atomic E-state index is 0.0974. The molecule has 0 saturated carbocycles. The maximum absolute atomic E-state index is 9.24. The van der Waals surface area contributed by atoms with Crippen LogP contribution in [-0.4, -0.2) is 38.2 Å². The molecule has 0 aromatic carbocycles. The molecule has 0 radical (unpaired) electrons. The van der Waals surface area contributed by atoms with Gasteiger partial charge in [0.2, 0.25) is 11.7 Å². The van der Waals surface area contributed by atoms with Gasteiger partial charge in [-0.05, 0) is 25.0 Å². The Kier molecular flexibility index (Phi) is 4.04. The monoisotopic (exact) mass is 333 g/mol. The molecular formula is C17H15N7O. The van der Waals surface area contributed by atoms with Gasteiger partial charge in [0.15, 0.2) is 11.5 Å². The van der Waals surface area contributed by atoms with E-state index in [9.17, 15) is 5.26 Å². The lowest BCUT2D eigenvalue weighted by Crippen LogP contribution is -2.35. The number of nitriles is 1. The highest BCUT2D eigenvalue weighted by molar-refractivity contribution is 5.52. The van der Waals surface area contributed by atoms with E-state index in [0.29, 0.717) is 29.8 Å². The summed E-state index contributed by atoms with van der Waals surface area (Å²) in [5.41, 5.74) is 1.16. The van der Waals surface area contributed by atoms with Gasteiger partial charge in [-0.2, -0.15) is 10.2 Å². The van der Waals surface area contributed by atoms with Crippen molar-refractivity contribution >= 4 is 5.82 Å². The molecule has 8 heteroatoms. The van der Waals surface area contributed by atoms with Gasteiger partial charge in [0.25, 0.3) is 0 Å². The van der Waals surface area contributed by atoms with Crippen molar-refractivity contribution in [1.29, 1.82) is 5.26 Å². The van der Waals surface area contributed by atoms with E-state index in [0.717, 1.165) is 24.9 Å². The predicted octanol–water partition coefficient (Wildman–Crippen LogP) is 2.18. The Morgan fingerprint density at radius 1 is 1.24 bits per heavy atom. The number of pyridine rings is 1. The minimum Gasteiger partial charge on any atom is -0.353 e. The first-order valence-electron chi connectivity index (χ1n) is 8.05. The first kappa shape index (κ1) is 15.2. The highest BCUT2D eigenvalue weighted by atomic mass is 16.5. The van der Waals surface area contributed by atoms with Crippen LogP contribution in [-0.2, 0) is 0 Å². The Hall–Kier alpha value is -3.34. The van der Waals surface area contributed by atoms with Crippen molar-refractivity contribution in [2.24, 2.45) is 0 Å². The zero-order chi connectivity index (χ0) is 17.1. The smallest absolute Gasteiger partial charge is 0.231 e. The van der Waals surface area contributed by atoms with Crippen molar-refractivity contribution < 1.29 is 4.52 Å². The number of hydrogen-bond acceptors (Lipinski definition) is 8. The first-order valence-corrected chi connectivity index (χ1v) is 8.05. The van der Waals surface area contributed by atoms with E-state index >= 15 is 0 Å². The Bertz CT molecular complexity index is 903. The zero-order valence-electron chi connectivity index (χ0n) is 13.4. The normalized spacial score (nSPS) is 17.2. The van der Waals surface area contributed by atoms with Gasteiger partial charge in [0.05, 0.1) is 5.92 Å². The van der Waals surface area contributed by atoms with E-state index in [1.54, 1.807) is 18.6 Å². The third kappa shape index (κ3) is 3.04. The number of hydrogen-bond donors (Lipinski definition) is 0. The van der Waals surface area contributed by atoms with Crippen LogP contribution in [0.1, 0.15) is 30.3 Å². The molecule has 0 spiro atoms. The second kappa shape index (κ2) is 6.65. The maximum atomic E-state index is 9.24. The second-order valence-electron chi connectivity index (χ2n) is 5.82. The molecule has 8 nitrogen and oxygen atoms in total. The first-order chi connectivity index (χ1) is 12.3. The molecule has 1 saturated heterocycles. The van der Waals surface area contributed by atoms with E-state index in [-0.39, 0.29) is 5.92 Å². The van der Waals surface area contributed by atoms with Gasteiger partial charge < -0.3 is 9.42 Å². The fourth-order valence-electron chi connectivity index (χ4n) is 3.03. The van der Waals surface area contributed by atoms with Crippen molar-refractivity contribution in [3.63, 3.8) is 0 Å². The molecular weight excluding hydrogens is 318 g/mol. The van der Waals surface area contributed by atoms with Crippen molar-refractivity contribution in [3.8, 4) is 17.5 Å². The summed E-state index contributed by atoms with van der Waals surface area (Å²) >= 11 is 0. The third-order valence-corrected chi connectivity index (χ3v) is 4.22. The Balaban J connectivity index is 1.56. The van der Waals surface area contributed by atoms with Crippen LogP contribution >= 0.6 is 0 Å². The minimum atomic E-state index is 0.0974. The third-order valence-electron chi connectivity index (χ3n) is 4.22. The molecule has 3 aromatic rings. The van der Waals surface area contributed by atoms with Gasteiger partial charge in [0, 0.05) is 43.4 Å². The maximum Gasteiger partial charge on any atom is 0.231 e. The molecule has 124 valence electrons. The summed E-state index contributed by atoms with van der Waals surface area (Å²) in [6.07, 6.45) is 8.45. The average Bonchev–Trinajstić information content (AvgIpc) is 3.19. The highest BCUT2D eigenvalue weighted by Gasteiger charge is 2.28. The average molecular weight is 333 g/mol. The van der Waals surface area contributed by atoms with Crippen LogP contribution in [0, 0.1) is 11.3 Å². The molecule has 0 N–H and O–H groups in total. The lowest BCUT2D eigenvalue weighted by atomic mass is 9.98. The molecule has 4 heterocycles. The van der Waals surface area contributed by atoms with Gasteiger partial charge >= 0.3 is 0 Å². The number of aromatic nitrogens is 5.